The molecule has 0 aliphatic rings. The van der Waals surface area contributed by atoms with Crippen LogP contribution < -0.4 is 10.6 Å². The van der Waals surface area contributed by atoms with E-state index in [0.29, 0.717) is 0 Å². The topological polar surface area (TPSA) is 42.2 Å². The maximum Gasteiger partial charge on any atom is 0.0366 e. The third-order valence-corrected chi connectivity index (χ3v) is 3.79. The molecule has 3 heteroatoms. The van der Waals surface area contributed by atoms with Crippen LogP contribution in [0.1, 0.15) is 23.6 Å². The molecule has 0 aliphatic carbocycles. The maximum absolute atomic E-state index is 5.89. The van der Waals surface area contributed by atoms with Crippen LogP contribution in [0.25, 0.3) is 0 Å². The fourth-order valence-corrected chi connectivity index (χ4v) is 2.47. The predicted molar refractivity (Wildman–Crippen MR) is 89.7 cm³/mol. The molecule has 0 aliphatic heterocycles. The van der Waals surface area contributed by atoms with Crippen molar-refractivity contribution in [3.63, 3.8) is 0 Å². The van der Waals surface area contributed by atoms with Crippen molar-refractivity contribution in [2.45, 2.75) is 32.7 Å². The molecular weight excluding hydrogens is 258 g/mol. The largest absolute Gasteiger partial charge is 0.374 e. The van der Waals surface area contributed by atoms with Gasteiger partial charge in [0.2, 0.25) is 0 Å². The van der Waals surface area contributed by atoms with Gasteiger partial charge in [0.05, 0.1) is 0 Å². The molecule has 1 atom stereocenters. The van der Waals surface area contributed by atoms with E-state index in [1.807, 2.05) is 19.3 Å². The zero-order valence-corrected chi connectivity index (χ0v) is 13.2. The van der Waals surface area contributed by atoms with Crippen LogP contribution in [0.5, 0.6) is 0 Å². The summed E-state index contributed by atoms with van der Waals surface area (Å²) in [6, 6.07) is 11.0. The second-order valence-electron chi connectivity index (χ2n) is 5.82. The highest BCUT2D eigenvalue weighted by molar-refractivity contribution is 5.50. The first-order valence-corrected chi connectivity index (χ1v) is 7.51. The summed E-state index contributed by atoms with van der Waals surface area (Å²) in [6.07, 6.45) is 5.66. The van der Waals surface area contributed by atoms with Gasteiger partial charge >= 0.3 is 0 Å². The Labute approximate surface area is 127 Å². The minimum Gasteiger partial charge on any atom is -0.374 e. The number of rotatable bonds is 6. The minimum absolute atomic E-state index is 0.207. The molecule has 2 N–H and O–H groups in total. The highest BCUT2D eigenvalue weighted by Gasteiger charge is 2.06. The molecule has 0 saturated carbocycles. The molecule has 21 heavy (non-hydrogen) atoms. The van der Waals surface area contributed by atoms with Crippen LogP contribution in [0.4, 0.5) is 5.69 Å². The Bertz CT molecular complexity index is 564. The first-order valence-electron chi connectivity index (χ1n) is 7.51. The van der Waals surface area contributed by atoms with Crippen molar-refractivity contribution in [2.75, 3.05) is 18.5 Å². The van der Waals surface area contributed by atoms with Crippen molar-refractivity contribution >= 4 is 5.69 Å². The lowest BCUT2D eigenvalue weighted by Gasteiger charge is -2.21. The Morgan fingerprint density at radius 3 is 2.52 bits per heavy atom. The van der Waals surface area contributed by atoms with E-state index in [4.69, 9.17) is 5.73 Å². The van der Waals surface area contributed by atoms with E-state index in [1.54, 1.807) is 0 Å². The zero-order valence-electron chi connectivity index (χ0n) is 13.2. The first-order chi connectivity index (χ1) is 10.1. The second kappa shape index (κ2) is 7.23. The van der Waals surface area contributed by atoms with Gasteiger partial charge in [0.1, 0.15) is 0 Å². The fourth-order valence-electron chi connectivity index (χ4n) is 2.47. The molecule has 112 valence electrons. The third-order valence-electron chi connectivity index (χ3n) is 3.79. The van der Waals surface area contributed by atoms with Crippen LogP contribution in [0.3, 0.4) is 0 Å². The van der Waals surface area contributed by atoms with Crippen molar-refractivity contribution < 1.29 is 0 Å². The molecule has 1 aromatic heterocycles. The van der Waals surface area contributed by atoms with Gasteiger partial charge in [-0.3, -0.25) is 4.98 Å². The number of likely N-dealkylation sites (N-methyl/N-ethyl adjacent to an activating group) is 1. The molecule has 0 fully saturated rings. The number of nitrogens with zero attached hydrogens (tertiary/aromatic N) is 2. The van der Waals surface area contributed by atoms with E-state index in [0.717, 1.165) is 19.4 Å². The van der Waals surface area contributed by atoms with Crippen molar-refractivity contribution in [3.05, 3.63) is 59.4 Å². The number of benzene rings is 1. The Morgan fingerprint density at radius 2 is 1.90 bits per heavy atom. The summed E-state index contributed by atoms with van der Waals surface area (Å²) in [5, 5.41) is 0. The molecule has 0 bridgehead atoms. The summed E-state index contributed by atoms with van der Waals surface area (Å²) < 4.78 is 0. The molecule has 0 saturated heterocycles. The van der Waals surface area contributed by atoms with Crippen LogP contribution in [0, 0.1) is 6.92 Å². The fraction of sp³-hybridized carbons (Fsp3) is 0.389. The second-order valence-corrected chi connectivity index (χ2v) is 5.82. The SMILES string of the molecule is Cc1cc(N(C)CCc2ccncc2)ccc1CC(C)N. The monoisotopic (exact) mass is 283 g/mol. The smallest absolute Gasteiger partial charge is 0.0366 e. The number of anilines is 1. The van der Waals surface area contributed by atoms with Gasteiger partial charge in [0, 0.05) is 37.7 Å². The van der Waals surface area contributed by atoms with Gasteiger partial charge in [-0.05, 0) is 67.6 Å². The number of hydrogen-bond acceptors (Lipinski definition) is 3. The number of pyridine rings is 1. The van der Waals surface area contributed by atoms with E-state index in [2.05, 4.69) is 54.2 Å². The molecule has 0 spiro atoms. The normalized spacial score (nSPS) is 12.2. The van der Waals surface area contributed by atoms with Crippen molar-refractivity contribution in [2.24, 2.45) is 5.73 Å². The summed E-state index contributed by atoms with van der Waals surface area (Å²) >= 11 is 0. The molecule has 1 heterocycles. The minimum atomic E-state index is 0.207. The first kappa shape index (κ1) is 15.5. The van der Waals surface area contributed by atoms with Gasteiger partial charge in [0.25, 0.3) is 0 Å². The molecule has 2 aromatic rings. The standard InChI is InChI=1S/C18H25N3/c1-14-12-18(5-4-17(14)13-15(2)19)21(3)11-8-16-6-9-20-10-7-16/h4-7,9-10,12,15H,8,11,13,19H2,1-3H3. The molecular formula is C18H25N3. The highest BCUT2D eigenvalue weighted by Crippen LogP contribution is 2.19. The van der Waals surface area contributed by atoms with Crippen LogP contribution in [0.2, 0.25) is 0 Å². The maximum atomic E-state index is 5.89. The van der Waals surface area contributed by atoms with Crippen LogP contribution in [-0.2, 0) is 12.8 Å². The molecule has 1 aromatic carbocycles. The quantitative estimate of drug-likeness (QED) is 0.886. The molecule has 2 rings (SSSR count). The number of hydrogen-bond donors (Lipinski definition) is 1. The van der Waals surface area contributed by atoms with Gasteiger partial charge in [-0.15, -0.1) is 0 Å². The summed E-state index contributed by atoms with van der Waals surface area (Å²) in [5.41, 5.74) is 11.1. The van der Waals surface area contributed by atoms with Crippen molar-refractivity contribution in [1.82, 2.24) is 4.98 Å². The van der Waals surface area contributed by atoms with E-state index in [-0.39, 0.29) is 6.04 Å². The third kappa shape index (κ3) is 4.57. The van der Waals surface area contributed by atoms with Crippen molar-refractivity contribution in [3.8, 4) is 0 Å². The van der Waals surface area contributed by atoms with E-state index in [9.17, 15) is 0 Å². The number of aryl methyl sites for hydroxylation is 1. The Kier molecular flexibility index (Phi) is 5.34. The van der Waals surface area contributed by atoms with Gasteiger partial charge in [0.15, 0.2) is 0 Å². The van der Waals surface area contributed by atoms with Gasteiger partial charge in [-0.2, -0.15) is 0 Å². The lowest BCUT2D eigenvalue weighted by molar-refractivity contribution is 0.734. The summed E-state index contributed by atoms with van der Waals surface area (Å²) in [6.45, 7) is 5.21. The highest BCUT2D eigenvalue weighted by atomic mass is 15.1. The Hall–Kier alpha value is -1.87. The number of nitrogens with two attached hydrogens (primary N) is 1. The molecule has 1 unspecified atom stereocenters. The van der Waals surface area contributed by atoms with E-state index < -0.39 is 0 Å². The Morgan fingerprint density at radius 1 is 1.19 bits per heavy atom. The predicted octanol–water partition coefficient (Wildman–Crippen LogP) is 2.96. The van der Waals surface area contributed by atoms with Gasteiger partial charge < -0.3 is 10.6 Å². The van der Waals surface area contributed by atoms with Crippen LogP contribution in [0.15, 0.2) is 42.7 Å². The van der Waals surface area contributed by atoms with E-state index in [1.165, 1.54) is 22.4 Å². The zero-order chi connectivity index (χ0) is 15.2. The number of aromatic nitrogens is 1. The lowest BCUT2D eigenvalue weighted by Crippen LogP contribution is -2.21. The molecule has 0 radical (unpaired) electrons. The average molecular weight is 283 g/mol. The van der Waals surface area contributed by atoms with Crippen LogP contribution >= 0.6 is 0 Å². The van der Waals surface area contributed by atoms with Crippen LogP contribution in [-0.4, -0.2) is 24.6 Å². The van der Waals surface area contributed by atoms with Crippen molar-refractivity contribution in [1.29, 1.82) is 0 Å². The average Bonchev–Trinajstić information content (AvgIpc) is 2.47. The summed E-state index contributed by atoms with van der Waals surface area (Å²) in [5.74, 6) is 0. The molecule has 0 amide bonds. The Balaban J connectivity index is 1.99. The lowest BCUT2D eigenvalue weighted by atomic mass is 10.0. The van der Waals surface area contributed by atoms with E-state index >= 15 is 0 Å². The molecule has 3 nitrogen and oxygen atoms in total. The summed E-state index contributed by atoms with van der Waals surface area (Å²) in [7, 11) is 2.14. The van der Waals surface area contributed by atoms with Gasteiger partial charge in [-0.1, -0.05) is 6.07 Å². The van der Waals surface area contributed by atoms with Gasteiger partial charge in [-0.25, -0.2) is 0 Å². The summed E-state index contributed by atoms with van der Waals surface area (Å²) in [4.78, 5) is 6.35.